The van der Waals surface area contributed by atoms with Gasteiger partial charge in [-0.05, 0) is 30.7 Å². The molecule has 0 aliphatic heterocycles. The highest BCUT2D eigenvalue weighted by molar-refractivity contribution is 6.40. The second kappa shape index (κ2) is 7.68. The van der Waals surface area contributed by atoms with Gasteiger partial charge in [-0.1, -0.05) is 53.0 Å². The van der Waals surface area contributed by atoms with Crippen LogP contribution >= 0.6 is 34.8 Å². The Hall–Kier alpha value is -1.75. The maximum atomic E-state index is 11.9. The van der Waals surface area contributed by atoms with Crippen LogP contribution in [0.15, 0.2) is 36.4 Å². The van der Waals surface area contributed by atoms with Crippen molar-refractivity contribution in [2.75, 3.05) is 11.9 Å². The van der Waals surface area contributed by atoms with E-state index in [2.05, 4.69) is 5.32 Å². The molecule has 0 unspecified atom stereocenters. The Kier molecular flexibility index (Phi) is 5.88. The number of hydrogen-bond acceptors (Lipinski definition) is 3. The highest BCUT2D eigenvalue weighted by Gasteiger charge is 2.15. The first-order chi connectivity index (χ1) is 10.9. The topological polar surface area (TPSA) is 55.4 Å². The minimum atomic E-state index is -0.688. The number of ether oxygens (including phenoxy) is 1. The molecule has 0 fully saturated rings. The first-order valence-corrected chi connectivity index (χ1v) is 7.69. The largest absolute Gasteiger partial charge is 0.452 e. The molecule has 2 aromatic carbocycles. The van der Waals surface area contributed by atoms with Crippen LogP contribution in [0.25, 0.3) is 0 Å². The number of amides is 1. The summed E-state index contributed by atoms with van der Waals surface area (Å²) < 4.78 is 4.93. The number of esters is 1. The Labute approximate surface area is 148 Å². The fraction of sp³-hybridized carbons (Fsp3) is 0.125. The Morgan fingerprint density at radius 2 is 1.74 bits per heavy atom. The van der Waals surface area contributed by atoms with Crippen molar-refractivity contribution < 1.29 is 14.3 Å². The van der Waals surface area contributed by atoms with Gasteiger partial charge in [-0.3, -0.25) is 4.79 Å². The standard InChI is InChI=1S/C16H12Cl3NO3/c1-9-6-7-12(18)15(14(9)19)20-13(21)8-23-16(22)10-4-2-3-5-11(10)17/h2-7H,8H2,1H3,(H,20,21). The van der Waals surface area contributed by atoms with E-state index in [1.54, 1.807) is 37.3 Å². The number of nitrogens with one attached hydrogen (secondary N) is 1. The summed E-state index contributed by atoms with van der Waals surface area (Å²) in [7, 11) is 0. The minimum absolute atomic E-state index is 0.189. The number of hydrogen-bond donors (Lipinski definition) is 1. The van der Waals surface area contributed by atoms with Gasteiger partial charge in [0.2, 0.25) is 0 Å². The first-order valence-electron chi connectivity index (χ1n) is 6.56. The van der Waals surface area contributed by atoms with Crippen molar-refractivity contribution in [2.24, 2.45) is 0 Å². The molecule has 0 radical (unpaired) electrons. The molecule has 0 aliphatic carbocycles. The number of carbonyl (C=O) groups is 2. The number of rotatable bonds is 4. The number of anilines is 1. The van der Waals surface area contributed by atoms with Crippen LogP contribution in [-0.2, 0) is 9.53 Å². The van der Waals surface area contributed by atoms with Crippen LogP contribution < -0.4 is 5.32 Å². The minimum Gasteiger partial charge on any atom is -0.452 e. The predicted molar refractivity (Wildman–Crippen MR) is 91.6 cm³/mol. The van der Waals surface area contributed by atoms with Gasteiger partial charge in [0.05, 0.1) is 26.3 Å². The molecule has 0 aliphatic rings. The number of carbonyl (C=O) groups excluding carboxylic acids is 2. The van der Waals surface area contributed by atoms with Gasteiger partial charge in [0.25, 0.3) is 5.91 Å². The molecule has 0 atom stereocenters. The lowest BCUT2D eigenvalue weighted by molar-refractivity contribution is -0.119. The molecule has 1 amide bonds. The molecule has 0 aromatic heterocycles. The quantitative estimate of drug-likeness (QED) is 0.788. The molecule has 0 bridgehead atoms. The summed E-state index contributed by atoms with van der Waals surface area (Å²) in [5.74, 6) is -1.24. The van der Waals surface area contributed by atoms with E-state index in [1.807, 2.05) is 0 Å². The summed E-state index contributed by atoms with van der Waals surface area (Å²) in [6.45, 7) is 1.30. The van der Waals surface area contributed by atoms with Crippen LogP contribution in [0.2, 0.25) is 15.1 Å². The third kappa shape index (κ3) is 4.38. The predicted octanol–water partition coefficient (Wildman–Crippen LogP) is 4.75. The summed E-state index contributed by atoms with van der Waals surface area (Å²) in [4.78, 5) is 23.8. The van der Waals surface area contributed by atoms with E-state index in [1.165, 1.54) is 6.07 Å². The van der Waals surface area contributed by atoms with Crippen LogP contribution in [0, 0.1) is 6.92 Å². The van der Waals surface area contributed by atoms with Crippen LogP contribution in [0.1, 0.15) is 15.9 Å². The maximum absolute atomic E-state index is 11.9. The van der Waals surface area contributed by atoms with Gasteiger partial charge < -0.3 is 10.1 Å². The van der Waals surface area contributed by atoms with E-state index in [9.17, 15) is 9.59 Å². The van der Waals surface area contributed by atoms with Crippen molar-refractivity contribution in [3.8, 4) is 0 Å². The molecule has 0 heterocycles. The molecular weight excluding hydrogens is 361 g/mol. The van der Waals surface area contributed by atoms with E-state index < -0.39 is 18.5 Å². The van der Waals surface area contributed by atoms with E-state index in [-0.39, 0.29) is 16.3 Å². The molecule has 2 aromatic rings. The zero-order valence-electron chi connectivity index (χ0n) is 12.0. The van der Waals surface area contributed by atoms with Crippen LogP contribution in [0.3, 0.4) is 0 Å². The van der Waals surface area contributed by atoms with Crippen LogP contribution in [-0.4, -0.2) is 18.5 Å². The number of aryl methyl sites for hydroxylation is 1. The summed E-state index contributed by atoms with van der Waals surface area (Å²) in [5, 5.41) is 3.41. The average Bonchev–Trinajstić information content (AvgIpc) is 2.53. The molecule has 4 nitrogen and oxygen atoms in total. The van der Waals surface area contributed by atoms with E-state index in [0.717, 1.165) is 5.56 Å². The Bertz CT molecular complexity index is 762. The van der Waals surface area contributed by atoms with Gasteiger partial charge >= 0.3 is 5.97 Å². The monoisotopic (exact) mass is 371 g/mol. The van der Waals surface area contributed by atoms with Crippen LogP contribution in [0.5, 0.6) is 0 Å². The molecule has 2 rings (SSSR count). The van der Waals surface area contributed by atoms with Gasteiger partial charge in [-0.25, -0.2) is 4.79 Å². The fourth-order valence-corrected chi connectivity index (χ4v) is 2.46. The third-order valence-electron chi connectivity index (χ3n) is 2.98. The summed E-state index contributed by atoms with van der Waals surface area (Å²) in [6.07, 6.45) is 0. The molecule has 0 saturated heterocycles. The smallest absolute Gasteiger partial charge is 0.340 e. The lowest BCUT2D eigenvalue weighted by atomic mass is 10.2. The first kappa shape index (κ1) is 17.6. The third-order valence-corrected chi connectivity index (χ3v) is 4.11. The normalized spacial score (nSPS) is 10.3. The molecule has 23 heavy (non-hydrogen) atoms. The summed E-state index contributed by atoms with van der Waals surface area (Å²) >= 11 is 18.0. The summed E-state index contributed by atoms with van der Waals surface area (Å²) in [5.41, 5.74) is 1.24. The van der Waals surface area contributed by atoms with Gasteiger partial charge in [-0.15, -0.1) is 0 Å². The van der Waals surface area contributed by atoms with Crippen molar-refractivity contribution in [3.05, 3.63) is 62.6 Å². The molecule has 120 valence electrons. The van der Waals surface area contributed by atoms with Gasteiger partial charge in [0, 0.05) is 0 Å². The molecular formula is C16H12Cl3NO3. The zero-order chi connectivity index (χ0) is 17.0. The fourth-order valence-electron chi connectivity index (χ4n) is 1.78. The number of halogens is 3. The second-order valence-corrected chi connectivity index (χ2v) is 5.85. The maximum Gasteiger partial charge on any atom is 0.340 e. The highest BCUT2D eigenvalue weighted by atomic mass is 35.5. The lowest BCUT2D eigenvalue weighted by Crippen LogP contribution is -2.21. The van der Waals surface area contributed by atoms with Gasteiger partial charge in [-0.2, -0.15) is 0 Å². The lowest BCUT2D eigenvalue weighted by Gasteiger charge is -2.11. The summed E-state index contributed by atoms with van der Waals surface area (Å²) in [6, 6.07) is 9.76. The Morgan fingerprint density at radius 1 is 1.04 bits per heavy atom. The van der Waals surface area contributed by atoms with Crippen molar-refractivity contribution in [1.82, 2.24) is 0 Å². The average molecular weight is 373 g/mol. The molecule has 0 spiro atoms. The highest BCUT2D eigenvalue weighted by Crippen LogP contribution is 2.32. The Balaban J connectivity index is 2.00. The van der Waals surface area contributed by atoms with E-state index >= 15 is 0 Å². The van der Waals surface area contributed by atoms with Crippen molar-refractivity contribution in [1.29, 1.82) is 0 Å². The van der Waals surface area contributed by atoms with E-state index in [0.29, 0.717) is 10.0 Å². The van der Waals surface area contributed by atoms with Gasteiger partial charge in [0.15, 0.2) is 6.61 Å². The number of benzene rings is 2. The van der Waals surface area contributed by atoms with Gasteiger partial charge in [0.1, 0.15) is 0 Å². The molecule has 1 N–H and O–H groups in total. The zero-order valence-corrected chi connectivity index (χ0v) is 14.3. The van der Waals surface area contributed by atoms with Crippen LogP contribution in [0.4, 0.5) is 5.69 Å². The van der Waals surface area contributed by atoms with Crippen molar-refractivity contribution >= 4 is 52.4 Å². The van der Waals surface area contributed by atoms with E-state index in [4.69, 9.17) is 39.5 Å². The second-order valence-electron chi connectivity index (χ2n) is 4.66. The SMILES string of the molecule is Cc1ccc(Cl)c(NC(=O)COC(=O)c2ccccc2Cl)c1Cl. The van der Waals surface area contributed by atoms with Crippen molar-refractivity contribution in [3.63, 3.8) is 0 Å². The molecule has 7 heteroatoms. The Morgan fingerprint density at radius 3 is 2.43 bits per heavy atom. The molecule has 0 saturated carbocycles. The van der Waals surface area contributed by atoms with Crippen molar-refractivity contribution in [2.45, 2.75) is 6.92 Å².